The molecule has 0 heterocycles. The minimum Gasteiger partial charge on any atom is -0.366 e. The van der Waals surface area contributed by atoms with Crippen LogP contribution < -0.4 is 5.73 Å². The van der Waals surface area contributed by atoms with Crippen LogP contribution in [0.1, 0.15) is 20.7 Å². The summed E-state index contributed by atoms with van der Waals surface area (Å²) < 4.78 is 0. The first-order valence-corrected chi connectivity index (χ1v) is 9.49. The number of carbonyl (C=O) groups is 2. The van der Waals surface area contributed by atoms with E-state index in [1.807, 2.05) is 0 Å². The number of benzene rings is 1. The summed E-state index contributed by atoms with van der Waals surface area (Å²) in [6.07, 6.45) is 0. The molecule has 138 valence electrons. The SMILES string of the molecule is C=NC(=O)c1ccc(C(N)=O)cc1.ClC1C(Cl)C(Cl)C(Cl)C(Cl)C1Cl. The molecule has 0 saturated heterocycles. The minimum atomic E-state index is -0.523. The first-order valence-electron chi connectivity index (χ1n) is 6.87. The number of aliphatic imine (C=N–C) groups is 1. The zero-order valence-corrected chi connectivity index (χ0v) is 17.1. The fourth-order valence-corrected chi connectivity index (χ4v) is 4.25. The summed E-state index contributed by atoms with van der Waals surface area (Å²) in [6, 6.07) is 5.91. The average Bonchev–Trinajstić information content (AvgIpc) is 2.63. The molecule has 1 fully saturated rings. The number of rotatable bonds is 2. The third kappa shape index (κ3) is 5.88. The Bertz CT molecular complexity index is 568. The average molecular weight is 467 g/mol. The van der Waals surface area contributed by atoms with E-state index in [4.69, 9.17) is 75.3 Å². The number of primary amides is 1. The molecule has 0 unspecified atom stereocenters. The van der Waals surface area contributed by atoms with Crippen LogP contribution in [0.4, 0.5) is 0 Å². The highest BCUT2D eigenvalue weighted by Gasteiger charge is 2.46. The standard InChI is InChI=1S/C9H8N2O2.C6H6Cl6/c1-11-9(13)7-4-2-6(3-5-7)8(10)12;7-1-2(8)4(10)6(12)5(11)3(1)9/h2-5H,1H2,(H2,10,12);1-6H. The lowest BCUT2D eigenvalue weighted by Gasteiger charge is -2.37. The Morgan fingerprint density at radius 2 is 1.04 bits per heavy atom. The molecule has 0 spiro atoms. The molecule has 10 heteroatoms. The van der Waals surface area contributed by atoms with E-state index in [2.05, 4.69) is 11.7 Å². The van der Waals surface area contributed by atoms with Gasteiger partial charge in [0.2, 0.25) is 5.91 Å². The van der Waals surface area contributed by atoms with Gasteiger partial charge in [0.05, 0.1) is 32.3 Å². The van der Waals surface area contributed by atoms with Gasteiger partial charge in [0.15, 0.2) is 0 Å². The summed E-state index contributed by atoms with van der Waals surface area (Å²) in [4.78, 5) is 24.8. The van der Waals surface area contributed by atoms with Gasteiger partial charge in [-0.25, -0.2) is 4.99 Å². The van der Waals surface area contributed by atoms with Crippen molar-refractivity contribution in [3.05, 3.63) is 35.4 Å². The molecular weight excluding hydrogens is 453 g/mol. The molecule has 0 radical (unpaired) electrons. The molecule has 2 rings (SSSR count). The number of halogens is 6. The molecule has 1 aromatic carbocycles. The van der Waals surface area contributed by atoms with Gasteiger partial charge in [-0.05, 0) is 31.0 Å². The number of carbonyl (C=O) groups excluding carboxylic acids is 2. The molecule has 4 nitrogen and oxygen atoms in total. The Morgan fingerprint density at radius 3 is 1.28 bits per heavy atom. The Kier molecular flexibility index (Phi) is 9.30. The number of nitrogens with two attached hydrogens (primary N) is 1. The van der Waals surface area contributed by atoms with Crippen LogP contribution in [0.2, 0.25) is 0 Å². The van der Waals surface area contributed by atoms with Crippen LogP contribution in [0.3, 0.4) is 0 Å². The van der Waals surface area contributed by atoms with Crippen LogP contribution in [0.25, 0.3) is 0 Å². The fraction of sp³-hybridized carbons (Fsp3) is 0.400. The molecule has 1 aliphatic rings. The molecule has 0 bridgehead atoms. The van der Waals surface area contributed by atoms with Gasteiger partial charge in [0.25, 0.3) is 5.91 Å². The molecule has 1 aromatic rings. The molecule has 25 heavy (non-hydrogen) atoms. The van der Waals surface area contributed by atoms with E-state index in [0.717, 1.165) is 0 Å². The highest BCUT2D eigenvalue weighted by Crippen LogP contribution is 2.39. The van der Waals surface area contributed by atoms with E-state index in [1.165, 1.54) is 24.3 Å². The predicted octanol–water partition coefficient (Wildman–Crippen LogP) is 4.27. The topological polar surface area (TPSA) is 72.5 Å². The minimum absolute atomic E-state index is 0.362. The van der Waals surface area contributed by atoms with Crippen LogP contribution in [0.15, 0.2) is 29.3 Å². The molecule has 0 atom stereocenters. The van der Waals surface area contributed by atoms with E-state index >= 15 is 0 Å². The van der Waals surface area contributed by atoms with E-state index in [0.29, 0.717) is 11.1 Å². The van der Waals surface area contributed by atoms with Gasteiger partial charge >= 0.3 is 0 Å². The molecule has 1 saturated carbocycles. The van der Waals surface area contributed by atoms with Crippen molar-refractivity contribution < 1.29 is 9.59 Å². The smallest absolute Gasteiger partial charge is 0.276 e. The van der Waals surface area contributed by atoms with Crippen molar-refractivity contribution in [1.82, 2.24) is 0 Å². The molecular formula is C15H14Cl6N2O2. The molecule has 2 N–H and O–H groups in total. The highest BCUT2D eigenvalue weighted by molar-refractivity contribution is 6.45. The van der Waals surface area contributed by atoms with E-state index < -0.39 is 44.1 Å². The zero-order chi connectivity index (χ0) is 19.3. The highest BCUT2D eigenvalue weighted by atomic mass is 35.5. The predicted molar refractivity (Wildman–Crippen MR) is 107 cm³/mol. The van der Waals surface area contributed by atoms with Crippen LogP contribution >= 0.6 is 69.6 Å². The third-order valence-corrected chi connectivity index (χ3v) is 7.42. The zero-order valence-electron chi connectivity index (χ0n) is 12.6. The number of amides is 2. The van der Waals surface area contributed by atoms with Crippen molar-refractivity contribution in [2.24, 2.45) is 10.7 Å². The normalized spacial score (nSPS) is 31.4. The van der Waals surface area contributed by atoms with Gasteiger partial charge in [0, 0.05) is 11.1 Å². The lowest BCUT2D eigenvalue weighted by molar-refractivity contribution is 0.0990. The Morgan fingerprint density at radius 1 is 0.760 bits per heavy atom. The van der Waals surface area contributed by atoms with Crippen molar-refractivity contribution in [3.63, 3.8) is 0 Å². The number of hydrogen-bond donors (Lipinski definition) is 1. The maximum absolute atomic E-state index is 10.9. The quantitative estimate of drug-likeness (QED) is 0.522. The summed E-state index contributed by atoms with van der Waals surface area (Å²) in [6.45, 7) is 3.10. The fourth-order valence-electron chi connectivity index (χ4n) is 1.92. The largest absolute Gasteiger partial charge is 0.366 e. The van der Waals surface area contributed by atoms with E-state index in [1.54, 1.807) is 0 Å². The van der Waals surface area contributed by atoms with Gasteiger partial charge in [-0.3, -0.25) is 9.59 Å². The summed E-state index contributed by atoms with van der Waals surface area (Å²) in [7, 11) is 0. The second-order valence-corrected chi connectivity index (χ2v) is 8.10. The summed E-state index contributed by atoms with van der Waals surface area (Å²) in [5.41, 5.74) is 5.76. The van der Waals surface area contributed by atoms with Gasteiger partial charge in [-0.15, -0.1) is 69.6 Å². The molecule has 0 aliphatic heterocycles. The molecule has 0 aromatic heterocycles. The second kappa shape index (κ2) is 10.2. The summed E-state index contributed by atoms with van der Waals surface area (Å²) in [5, 5.41) is -2.62. The van der Waals surface area contributed by atoms with Crippen molar-refractivity contribution in [2.75, 3.05) is 0 Å². The van der Waals surface area contributed by atoms with Crippen molar-refractivity contribution in [1.29, 1.82) is 0 Å². The molecule has 1 aliphatic carbocycles. The lowest BCUT2D eigenvalue weighted by atomic mass is 9.97. The number of alkyl halides is 6. The first-order chi connectivity index (χ1) is 11.6. The van der Waals surface area contributed by atoms with Crippen LogP contribution in [0, 0.1) is 0 Å². The van der Waals surface area contributed by atoms with Crippen LogP contribution in [-0.4, -0.2) is 50.8 Å². The Hall–Kier alpha value is -0.230. The van der Waals surface area contributed by atoms with E-state index in [9.17, 15) is 9.59 Å². The molecule has 2 amide bonds. The maximum atomic E-state index is 10.9. The van der Waals surface area contributed by atoms with Gasteiger partial charge in [-0.2, -0.15) is 0 Å². The van der Waals surface area contributed by atoms with Crippen molar-refractivity contribution in [2.45, 2.75) is 32.3 Å². The van der Waals surface area contributed by atoms with Gasteiger partial charge in [-0.1, -0.05) is 0 Å². The van der Waals surface area contributed by atoms with Crippen LogP contribution in [0.5, 0.6) is 0 Å². The van der Waals surface area contributed by atoms with Crippen LogP contribution in [-0.2, 0) is 0 Å². The summed E-state index contributed by atoms with van der Waals surface area (Å²) in [5.74, 6) is -0.943. The second-order valence-electron chi connectivity index (χ2n) is 5.07. The van der Waals surface area contributed by atoms with E-state index in [-0.39, 0.29) is 0 Å². The number of nitrogens with zero attached hydrogens (tertiary/aromatic N) is 1. The van der Waals surface area contributed by atoms with Gasteiger partial charge in [0.1, 0.15) is 0 Å². The number of hydrogen-bond acceptors (Lipinski definition) is 2. The Labute approximate surface area is 175 Å². The lowest BCUT2D eigenvalue weighted by Crippen LogP contribution is -2.52. The first kappa shape index (κ1) is 22.8. The van der Waals surface area contributed by atoms with Gasteiger partial charge < -0.3 is 5.73 Å². The third-order valence-electron chi connectivity index (χ3n) is 3.39. The monoisotopic (exact) mass is 464 g/mol. The Balaban J connectivity index is 0.000000251. The summed E-state index contributed by atoms with van der Waals surface area (Å²) >= 11 is 35.3. The van der Waals surface area contributed by atoms with Crippen molar-refractivity contribution >= 4 is 88.1 Å². The van der Waals surface area contributed by atoms with Crippen molar-refractivity contribution in [3.8, 4) is 0 Å². The maximum Gasteiger partial charge on any atom is 0.276 e.